The standard InChI is InChI=1S/C16H14BrClN6O3/c1-9-14(24(26)27)13(20-22(9)2)16(25)19-15-12(17)8-23(21-15)7-10-3-5-11(18)6-4-10/h3-6,8H,7H2,1-2H3,(H,19,21,25). The molecule has 9 nitrogen and oxygen atoms in total. The lowest BCUT2D eigenvalue weighted by atomic mass is 10.2. The monoisotopic (exact) mass is 452 g/mol. The van der Waals surface area contributed by atoms with Gasteiger partial charge in [-0.2, -0.15) is 10.2 Å². The molecule has 1 amide bonds. The number of aryl methyl sites for hydroxylation is 1. The lowest BCUT2D eigenvalue weighted by Crippen LogP contribution is -2.15. The molecule has 0 spiro atoms. The Balaban J connectivity index is 1.81. The fraction of sp³-hybridized carbons (Fsp3) is 0.188. The summed E-state index contributed by atoms with van der Waals surface area (Å²) in [6.45, 7) is 1.99. The summed E-state index contributed by atoms with van der Waals surface area (Å²) >= 11 is 9.21. The number of nitro groups is 1. The quantitative estimate of drug-likeness (QED) is 0.469. The van der Waals surface area contributed by atoms with Crippen molar-refractivity contribution in [2.75, 3.05) is 5.32 Å². The molecule has 0 fully saturated rings. The molecule has 11 heteroatoms. The summed E-state index contributed by atoms with van der Waals surface area (Å²) in [5.74, 6) is -0.464. The van der Waals surface area contributed by atoms with Gasteiger partial charge in [0.05, 0.1) is 15.9 Å². The van der Waals surface area contributed by atoms with Crippen molar-refractivity contribution in [3.8, 4) is 0 Å². The topological polar surface area (TPSA) is 108 Å². The van der Waals surface area contributed by atoms with Gasteiger partial charge in [0.15, 0.2) is 5.82 Å². The van der Waals surface area contributed by atoms with Gasteiger partial charge in [0.2, 0.25) is 5.69 Å². The number of hydrogen-bond acceptors (Lipinski definition) is 5. The van der Waals surface area contributed by atoms with Crippen molar-refractivity contribution in [2.24, 2.45) is 7.05 Å². The van der Waals surface area contributed by atoms with E-state index in [1.165, 1.54) is 18.7 Å². The van der Waals surface area contributed by atoms with Gasteiger partial charge in [-0.15, -0.1) is 0 Å². The number of nitrogens with one attached hydrogen (secondary N) is 1. The molecule has 1 aromatic carbocycles. The van der Waals surface area contributed by atoms with E-state index in [0.29, 0.717) is 16.0 Å². The highest BCUT2D eigenvalue weighted by Gasteiger charge is 2.29. The Bertz CT molecular complexity index is 1030. The molecule has 27 heavy (non-hydrogen) atoms. The highest BCUT2D eigenvalue weighted by molar-refractivity contribution is 9.10. The summed E-state index contributed by atoms with van der Waals surface area (Å²) in [7, 11) is 1.54. The molecule has 0 radical (unpaired) electrons. The summed E-state index contributed by atoms with van der Waals surface area (Å²) in [5, 5.41) is 22.7. The molecule has 140 valence electrons. The molecule has 0 aliphatic heterocycles. The van der Waals surface area contributed by atoms with Crippen molar-refractivity contribution < 1.29 is 9.72 Å². The van der Waals surface area contributed by atoms with Gasteiger partial charge >= 0.3 is 5.69 Å². The lowest BCUT2D eigenvalue weighted by Gasteiger charge is -2.02. The zero-order chi connectivity index (χ0) is 19.7. The minimum absolute atomic E-state index is 0.242. The van der Waals surface area contributed by atoms with Crippen molar-refractivity contribution in [1.82, 2.24) is 19.6 Å². The average Bonchev–Trinajstić information content (AvgIpc) is 3.09. The van der Waals surface area contributed by atoms with Crippen LogP contribution < -0.4 is 5.32 Å². The molecule has 0 bridgehead atoms. The maximum atomic E-state index is 12.5. The Labute approximate surface area is 167 Å². The van der Waals surface area contributed by atoms with E-state index in [2.05, 4.69) is 31.4 Å². The predicted molar refractivity (Wildman–Crippen MR) is 103 cm³/mol. The Morgan fingerprint density at radius 2 is 2.00 bits per heavy atom. The molecule has 0 unspecified atom stereocenters. The second-order valence-corrected chi connectivity index (χ2v) is 7.06. The largest absolute Gasteiger partial charge is 0.322 e. The summed E-state index contributed by atoms with van der Waals surface area (Å²) < 4.78 is 3.46. The first-order chi connectivity index (χ1) is 12.8. The fourth-order valence-electron chi connectivity index (χ4n) is 2.47. The first-order valence-electron chi connectivity index (χ1n) is 7.73. The van der Waals surface area contributed by atoms with Gasteiger partial charge < -0.3 is 5.32 Å². The summed E-state index contributed by atoms with van der Waals surface area (Å²) in [4.78, 5) is 23.1. The van der Waals surface area contributed by atoms with Gasteiger partial charge in [0.1, 0.15) is 5.69 Å². The molecule has 2 heterocycles. The number of carbonyl (C=O) groups excluding carboxylic acids is 1. The van der Waals surface area contributed by atoms with Crippen molar-refractivity contribution in [3.05, 3.63) is 67.0 Å². The van der Waals surface area contributed by atoms with Gasteiger partial charge in [-0.1, -0.05) is 23.7 Å². The molecule has 0 saturated heterocycles. The van der Waals surface area contributed by atoms with Crippen LogP contribution in [0.2, 0.25) is 5.02 Å². The smallest absolute Gasteiger partial charge is 0.302 e. The molecular formula is C16H14BrClN6O3. The highest BCUT2D eigenvalue weighted by atomic mass is 79.9. The van der Waals surface area contributed by atoms with Crippen LogP contribution in [0.5, 0.6) is 0 Å². The number of anilines is 1. The van der Waals surface area contributed by atoms with Crippen molar-refractivity contribution in [2.45, 2.75) is 13.5 Å². The third kappa shape index (κ3) is 4.01. The van der Waals surface area contributed by atoms with Crippen LogP contribution in [0.4, 0.5) is 11.5 Å². The number of nitrogens with zero attached hydrogens (tertiary/aromatic N) is 5. The minimum atomic E-state index is -0.706. The minimum Gasteiger partial charge on any atom is -0.302 e. The van der Waals surface area contributed by atoms with Crippen LogP contribution in [0, 0.1) is 17.0 Å². The van der Waals surface area contributed by atoms with E-state index >= 15 is 0 Å². The molecule has 0 saturated carbocycles. The second kappa shape index (κ2) is 7.49. The summed E-state index contributed by atoms with van der Waals surface area (Å²) in [5.41, 5.74) is 0.673. The maximum absolute atomic E-state index is 12.5. The molecular weight excluding hydrogens is 440 g/mol. The van der Waals surface area contributed by atoms with Crippen LogP contribution in [0.25, 0.3) is 0 Å². The van der Waals surface area contributed by atoms with Gasteiger partial charge in [0, 0.05) is 18.3 Å². The highest BCUT2D eigenvalue weighted by Crippen LogP contribution is 2.25. The molecule has 0 atom stereocenters. The molecule has 0 aliphatic rings. The lowest BCUT2D eigenvalue weighted by molar-refractivity contribution is -0.385. The number of rotatable bonds is 5. The van der Waals surface area contributed by atoms with E-state index < -0.39 is 10.8 Å². The van der Waals surface area contributed by atoms with Crippen LogP contribution in [0.1, 0.15) is 21.7 Å². The summed E-state index contributed by atoms with van der Waals surface area (Å²) in [6, 6.07) is 7.30. The first kappa shape index (κ1) is 19.1. The van der Waals surface area contributed by atoms with Gasteiger partial charge in [-0.3, -0.25) is 24.3 Å². The number of amides is 1. The number of hydrogen-bond donors (Lipinski definition) is 1. The van der Waals surface area contributed by atoms with E-state index in [-0.39, 0.29) is 22.9 Å². The Hall–Kier alpha value is -2.72. The van der Waals surface area contributed by atoms with Crippen molar-refractivity contribution in [3.63, 3.8) is 0 Å². The van der Waals surface area contributed by atoms with E-state index in [9.17, 15) is 14.9 Å². The first-order valence-corrected chi connectivity index (χ1v) is 8.90. The molecule has 3 aromatic rings. The molecule has 0 aliphatic carbocycles. The second-order valence-electron chi connectivity index (χ2n) is 5.77. The normalized spacial score (nSPS) is 10.8. The predicted octanol–water partition coefficient (Wildman–Crippen LogP) is 3.55. The SMILES string of the molecule is Cc1c([N+](=O)[O-])c(C(=O)Nc2nn(Cc3ccc(Cl)cc3)cc2Br)nn1C. The third-order valence-electron chi connectivity index (χ3n) is 3.91. The number of aromatic nitrogens is 4. The Morgan fingerprint density at radius 3 is 2.63 bits per heavy atom. The third-order valence-corrected chi connectivity index (χ3v) is 4.74. The van der Waals surface area contributed by atoms with Crippen LogP contribution in [0.3, 0.4) is 0 Å². The Morgan fingerprint density at radius 1 is 1.33 bits per heavy atom. The zero-order valence-electron chi connectivity index (χ0n) is 14.3. The van der Waals surface area contributed by atoms with Crippen LogP contribution >= 0.6 is 27.5 Å². The van der Waals surface area contributed by atoms with Crippen LogP contribution in [-0.2, 0) is 13.6 Å². The summed E-state index contributed by atoms with van der Waals surface area (Å²) in [6.07, 6.45) is 1.70. The molecule has 3 rings (SSSR count). The van der Waals surface area contributed by atoms with Gasteiger partial charge in [-0.05, 0) is 40.5 Å². The Kier molecular flexibility index (Phi) is 5.29. The van der Waals surface area contributed by atoms with Crippen LogP contribution in [0.15, 0.2) is 34.9 Å². The van der Waals surface area contributed by atoms with E-state index in [4.69, 9.17) is 11.6 Å². The number of halogens is 2. The number of carbonyl (C=O) groups is 1. The zero-order valence-corrected chi connectivity index (χ0v) is 16.7. The fourth-order valence-corrected chi connectivity index (χ4v) is 3.02. The van der Waals surface area contributed by atoms with E-state index in [1.807, 2.05) is 12.1 Å². The van der Waals surface area contributed by atoms with Crippen LogP contribution in [-0.4, -0.2) is 30.4 Å². The van der Waals surface area contributed by atoms with E-state index in [1.54, 1.807) is 23.0 Å². The van der Waals surface area contributed by atoms with Crippen molar-refractivity contribution >= 4 is 44.9 Å². The maximum Gasteiger partial charge on any atom is 0.322 e. The number of benzene rings is 1. The van der Waals surface area contributed by atoms with Gasteiger partial charge in [0.25, 0.3) is 5.91 Å². The molecule has 1 N–H and O–H groups in total. The van der Waals surface area contributed by atoms with Gasteiger partial charge in [-0.25, -0.2) is 0 Å². The molecule has 2 aromatic heterocycles. The van der Waals surface area contributed by atoms with Crippen molar-refractivity contribution in [1.29, 1.82) is 0 Å². The average molecular weight is 454 g/mol. The van der Waals surface area contributed by atoms with E-state index in [0.717, 1.165) is 5.56 Å².